The van der Waals surface area contributed by atoms with Gasteiger partial charge in [-0.15, -0.1) is 11.3 Å². The minimum Gasteiger partial charge on any atom is -0.381 e. The number of carbonyl (C=O) groups is 1. The maximum absolute atomic E-state index is 14.8. The van der Waals surface area contributed by atoms with Gasteiger partial charge in [-0.1, -0.05) is 18.2 Å². The molecule has 6 nitrogen and oxygen atoms in total. The number of benzene rings is 2. The molecule has 1 N–H and O–H groups in total. The van der Waals surface area contributed by atoms with Crippen molar-refractivity contribution in [3.8, 4) is 10.4 Å². The van der Waals surface area contributed by atoms with Crippen molar-refractivity contribution in [2.75, 3.05) is 0 Å². The lowest BCUT2D eigenvalue weighted by atomic mass is 9.85. The summed E-state index contributed by atoms with van der Waals surface area (Å²) in [6.45, 7) is 1.62. The molecule has 1 amide bonds. The van der Waals surface area contributed by atoms with Crippen LogP contribution in [0.25, 0.3) is 10.4 Å². The van der Waals surface area contributed by atoms with Crippen molar-refractivity contribution in [3.63, 3.8) is 0 Å². The van der Waals surface area contributed by atoms with Crippen LogP contribution in [0.3, 0.4) is 0 Å². The van der Waals surface area contributed by atoms with E-state index in [4.69, 9.17) is 0 Å². The van der Waals surface area contributed by atoms with Crippen LogP contribution in [0.2, 0.25) is 0 Å². The lowest BCUT2D eigenvalue weighted by Crippen LogP contribution is -2.52. The number of hydrogen-bond donors (Lipinski definition) is 1. The average molecular weight is 485 g/mol. The molecule has 174 valence electrons. The van der Waals surface area contributed by atoms with E-state index in [0.29, 0.717) is 10.9 Å². The molecule has 0 radical (unpaired) electrons. The van der Waals surface area contributed by atoms with E-state index in [1.165, 1.54) is 51.8 Å². The minimum absolute atomic E-state index is 0.146. The molecule has 0 saturated heterocycles. The normalized spacial score (nSPS) is 15.9. The van der Waals surface area contributed by atoms with Gasteiger partial charge in [-0.25, -0.2) is 22.8 Å². The topological polar surface area (TPSA) is 71.2 Å². The number of amides is 1. The molecule has 0 unspecified atom stereocenters. The van der Waals surface area contributed by atoms with Crippen LogP contribution in [0, 0.1) is 17.5 Å². The number of fused-ring (bicyclic) bond motifs is 1. The van der Waals surface area contributed by atoms with E-state index in [1.807, 2.05) is 6.07 Å². The van der Waals surface area contributed by atoms with Gasteiger partial charge >= 0.3 is 0 Å². The first-order chi connectivity index (χ1) is 16.3. The number of carbonyl (C=O) groups excluding carboxylic acids is 1. The summed E-state index contributed by atoms with van der Waals surface area (Å²) in [5, 5.41) is 15.8. The van der Waals surface area contributed by atoms with Gasteiger partial charge < -0.3 is 10.0 Å². The summed E-state index contributed by atoms with van der Waals surface area (Å²) < 4.78 is 43.0. The van der Waals surface area contributed by atoms with E-state index in [1.54, 1.807) is 19.1 Å². The molecule has 0 saturated carbocycles. The number of halogens is 3. The van der Waals surface area contributed by atoms with Crippen LogP contribution in [0.5, 0.6) is 0 Å². The van der Waals surface area contributed by atoms with Crippen LogP contribution in [0.4, 0.5) is 13.2 Å². The molecule has 4 aromatic rings. The van der Waals surface area contributed by atoms with E-state index < -0.39 is 23.3 Å². The Morgan fingerprint density at radius 3 is 2.50 bits per heavy atom. The fraction of sp³-hybridized carbons (Fsp3) is 0.208. The van der Waals surface area contributed by atoms with Crippen LogP contribution >= 0.6 is 11.3 Å². The van der Waals surface area contributed by atoms with Gasteiger partial charge in [0, 0.05) is 23.1 Å². The second-order valence-electron chi connectivity index (χ2n) is 8.22. The summed E-state index contributed by atoms with van der Waals surface area (Å²) in [7, 11) is 0. The number of nitrogens with zero attached hydrogens (tertiary/aromatic N) is 4. The second-order valence-corrected chi connectivity index (χ2v) is 9.27. The first kappa shape index (κ1) is 22.3. The van der Waals surface area contributed by atoms with Crippen LogP contribution in [-0.2, 0) is 18.7 Å². The molecular formula is C24H19F3N4O2S. The third kappa shape index (κ3) is 3.78. The van der Waals surface area contributed by atoms with Gasteiger partial charge in [0.15, 0.2) is 0 Å². The van der Waals surface area contributed by atoms with Gasteiger partial charge in [0.05, 0.1) is 17.5 Å². The lowest BCUT2D eigenvalue weighted by molar-refractivity contribution is -0.0556. The maximum atomic E-state index is 14.8. The smallest absolute Gasteiger partial charge is 0.264 e. The Morgan fingerprint density at radius 1 is 1.12 bits per heavy atom. The fourth-order valence-corrected chi connectivity index (χ4v) is 5.42. The van der Waals surface area contributed by atoms with Crippen molar-refractivity contribution in [1.29, 1.82) is 0 Å². The first-order valence-electron chi connectivity index (χ1n) is 10.5. The monoisotopic (exact) mass is 484 g/mol. The Hall–Kier alpha value is -3.50. The van der Waals surface area contributed by atoms with Gasteiger partial charge in [-0.3, -0.25) is 4.79 Å². The number of rotatable bonds is 6. The Morgan fingerprint density at radius 2 is 1.85 bits per heavy atom. The molecule has 34 heavy (non-hydrogen) atoms. The van der Waals surface area contributed by atoms with Crippen molar-refractivity contribution in [2.45, 2.75) is 31.7 Å². The van der Waals surface area contributed by atoms with Gasteiger partial charge in [-0.05, 0) is 42.3 Å². The van der Waals surface area contributed by atoms with Crippen molar-refractivity contribution in [1.82, 2.24) is 19.7 Å². The van der Waals surface area contributed by atoms with E-state index in [-0.39, 0.29) is 30.4 Å². The summed E-state index contributed by atoms with van der Waals surface area (Å²) in [4.78, 5) is 20.0. The Labute approximate surface area is 196 Å². The molecule has 0 spiro atoms. The number of hydrogen-bond acceptors (Lipinski definition) is 5. The zero-order valence-corrected chi connectivity index (χ0v) is 18.8. The second kappa shape index (κ2) is 8.37. The van der Waals surface area contributed by atoms with E-state index in [9.17, 15) is 23.1 Å². The Bertz CT molecular complexity index is 1360. The highest BCUT2D eigenvalue weighted by molar-refractivity contribution is 7.17. The van der Waals surface area contributed by atoms with Crippen LogP contribution < -0.4 is 0 Å². The molecule has 1 aliphatic heterocycles. The predicted octanol–water partition coefficient (Wildman–Crippen LogP) is 4.36. The largest absolute Gasteiger partial charge is 0.381 e. The molecule has 0 aliphatic carbocycles. The van der Waals surface area contributed by atoms with Gasteiger partial charge in [0.25, 0.3) is 5.91 Å². The molecule has 1 aliphatic rings. The zero-order chi connectivity index (χ0) is 24.0. The average Bonchev–Trinajstić information content (AvgIpc) is 3.52. The number of aromatic nitrogens is 3. The fourth-order valence-electron chi connectivity index (χ4n) is 4.28. The molecular weight excluding hydrogens is 465 g/mol. The van der Waals surface area contributed by atoms with Crippen LogP contribution in [0.1, 0.15) is 27.7 Å². The molecule has 10 heteroatoms. The number of aliphatic hydroxyl groups is 1. The van der Waals surface area contributed by atoms with Crippen molar-refractivity contribution in [2.24, 2.45) is 0 Å². The lowest BCUT2D eigenvalue weighted by Gasteiger charge is -2.39. The highest BCUT2D eigenvalue weighted by atomic mass is 32.1. The van der Waals surface area contributed by atoms with E-state index >= 15 is 0 Å². The van der Waals surface area contributed by atoms with E-state index in [0.717, 1.165) is 22.1 Å². The van der Waals surface area contributed by atoms with Gasteiger partial charge in [0.2, 0.25) is 0 Å². The molecule has 5 rings (SSSR count). The van der Waals surface area contributed by atoms with E-state index in [2.05, 4.69) is 10.1 Å². The van der Waals surface area contributed by atoms with Gasteiger partial charge in [-0.2, -0.15) is 5.10 Å². The minimum atomic E-state index is -1.92. The third-order valence-electron chi connectivity index (χ3n) is 6.16. The molecule has 0 fully saturated rings. The van der Waals surface area contributed by atoms with Crippen molar-refractivity contribution < 1.29 is 23.1 Å². The van der Waals surface area contributed by atoms with Crippen molar-refractivity contribution in [3.05, 3.63) is 94.6 Å². The molecule has 0 bridgehead atoms. The summed E-state index contributed by atoms with van der Waals surface area (Å²) >= 11 is 1.28. The third-order valence-corrected chi connectivity index (χ3v) is 7.37. The zero-order valence-electron chi connectivity index (χ0n) is 18.0. The Balaban J connectivity index is 1.48. The SMILES string of the molecule is C[C@@H](N1Cc2cc(-c3ccc(F)cc3)sc2C1=O)[C@](O)(Cn1cncn1)c1ccc(F)cc1F. The predicted molar refractivity (Wildman–Crippen MR) is 119 cm³/mol. The molecule has 2 aromatic heterocycles. The quantitative estimate of drug-likeness (QED) is 0.442. The number of thiophene rings is 1. The molecule has 2 atom stereocenters. The maximum Gasteiger partial charge on any atom is 0.264 e. The van der Waals surface area contributed by atoms with Gasteiger partial charge in [0.1, 0.15) is 35.7 Å². The molecule has 3 heterocycles. The first-order valence-corrected chi connectivity index (χ1v) is 11.3. The summed E-state index contributed by atoms with van der Waals surface area (Å²) in [5.41, 5.74) is -0.505. The highest BCUT2D eigenvalue weighted by Crippen LogP contribution is 2.41. The summed E-state index contributed by atoms with van der Waals surface area (Å²) in [6, 6.07) is 9.94. The van der Waals surface area contributed by atoms with Crippen LogP contribution in [-0.4, -0.2) is 36.7 Å². The molecule has 2 aromatic carbocycles. The van der Waals surface area contributed by atoms with Crippen LogP contribution in [0.15, 0.2) is 61.2 Å². The summed E-state index contributed by atoms with van der Waals surface area (Å²) in [5.74, 6) is -2.34. The summed E-state index contributed by atoms with van der Waals surface area (Å²) in [6.07, 6.45) is 2.65. The standard InChI is InChI=1S/C24H19F3N4O2S/c1-14(24(33,11-30-13-28-12-29-30)19-7-6-18(26)9-20(19)27)31-10-16-8-21(34-22(16)23(31)32)15-2-4-17(25)5-3-15/h2-9,12-14,33H,10-11H2,1H3/t14-,24-/m1/s1. The van der Waals surface area contributed by atoms with Crippen molar-refractivity contribution >= 4 is 17.2 Å². The Kier molecular flexibility index (Phi) is 5.49. The highest BCUT2D eigenvalue weighted by Gasteiger charge is 2.46.